The first-order valence-electron chi connectivity index (χ1n) is 5.64. The van der Waals surface area contributed by atoms with Crippen molar-refractivity contribution in [3.63, 3.8) is 0 Å². The van der Waals surface area contributed by atoms with E-state index in [4.69, 9.17) is 0 Å². The van der Waals surface area contributed by atoms with Gasteiger partial charge < -0.3 is 5.11 Å². The summed E-state index contributed by atoms with van der Waals surface area (Å²) in [5.74, 6) is 0. The maximum atomic E-state index is 10.2. The summed E-state index contributed by atoms with van der Waals surface area (Å²) < 4.78 is 0. The number of nitrogens with zero attached hydrogens (tertiary/aromatic N) is 3. The molecule has 0 amide bonds. The second-order valence-electron chi connectivity index (χ2n) is 3.96. The Kier molecular flexibility index (Phi) is 2.70. The van der Waals surface area contributed by atoms with Gasteiger partial charge in [-0.25, -0.2) is 4.98 Å². The Morgan fingerprint density at radius 3 is 2.67 bits per heavy atom. The second-order valence-corrected chi connectivity index (χ2v) is 3.96. The number of pyridine rings is 1. The summed E-state index contributed by atoms with van der Waals surface area (Å²) in [5.41, 5.74) is 1.94. The van der Waals surface area contributed by atoms with Crippen LogP contribution in [-0.4, -0.2) is 20.1 Å². The molecule has 2 aromatic heterocycles. The largest absolute Gasteiger partial charge is 0.380 e. The van der Waals surface area contributed by atoms with Gasteiger partial charge in [-0.2, -0.15) is 0 Å². The average Bonchev–Trinajstić information content (AvgIpc) is 2.47. The lowest BCUT2D eigenvalue weighted by atomic mass is 10.1. The monoisotopic (exact) mass is 237 g/mol. The molecular formula is C14H11N3O. The van der Waals surface area contributed by atoms with E-state index >= 15 is 0 Å². The molecule has 3 aromatic rings. The predicted molar refractivity (Wildman–Crippen MR) is 67.8 cm³/mol. The fourth-order valence-electron chi connectivity index (χ4n) is 1.84. The summed E-state index contributed by atoms with van der Waals surface area (Å²) in [6.07, 6.45) is 3.83. The molecule has 0 saturated heterocycles. The highest BCUT2D eigenvalue weighted by molar-refractivity contribution is 5.78. The Morgan fingerprint density at radius 1 is 0.944 bits per heavy atom. The van der Waals surface area contributed by atoms with Crippen molar-refractivity contribution in [1.29, 1.82) is 0 Å². The Bertz CT molecular complexity index is 670. The number of aliphatic hydroxyl groups excluding tert-OH is 1. The molecule has 0 spiro atoms. The van der Waals surface area contributed by atoms with Crippen LogP contribution in [0, 0.1) is 0 Å². The van der Waals surface area contributed by atoms with Crippen molar-refractivity contribution in [2.75, 3.05) is 0 Å². The van der Waals surface area contributed by atoms with E-state index in [2.05, 4.69) is 15.0 Å². The van der Waals surface area contributed by atoms with E-state index in [1.807, 2.05) is 36.4 Å². The Labute approximate surface area is 104 Å². The number of aromatic nitrogens is 3. The van der Waals surface area contributed by atoms with Gasteiger partial charge in [0, 0.05) is 17.8 Å². The molecule has 1 aromatic carbocycles. The minimum Gasteiger partial charge on any atom is -0.380 e. The number of hydrogen-bond acceptors (Lipinski definition) is 4. The first-order chi connectivity index (χ1) is 8.84. The lowest BCUT2D eigenvalue weighted by Gasteiger charge is -2.09. The van der Waals surface area contributed by atoms with E-state index in [0.29, 0.717) is 11.4 Å². The van der Waals surface area contributed by atoms with Gasteiger partial charge in [0.1, 0.15) is 6.10 Å². The maximum Gasteiger partial charge on any atom is 0.139 e. The van der Waals surface area contributed by atoms with Crippen molar-refractivity contribution in [1.82, 2.24) is 15.0 Å². The Morgan fingerprint density at radius 2 is 1.83 bits per heavy atom. The van der Waals surface area contributed by atoms with Crippen molar-refractivity contribution >= 4 is 10.9 Å². The number of hydrogen-bond donors (Lipinski definition) is 1. The summed E-state index contributed by atoms with van der Waals surface area (Å²) in [4.78, 5) is 12.5. The van der Waals surface area contributed by atoms with Crippen LogP contribution < -0.4 is 0 Å². The summed E-state index contributed by atoms with van der Waals surface area (Å²) in [7, 11) is 0. The third-order valence-corrected chi connectivity index (χ3v) is 2.76. The molecule has 1 unspecified atom stereocenters. The number of fused-ring (bicyclic) bond motifs is 1. The van der Waals surface area contributed by atoms with Gasteiger partial charge in [-0.15, -0.1) is 0 Å². The van der Waals surface area contributed by atoms with Gasteiger partial charge in [0.2, 0.25) is 0 Å². The molecule has 1 N–H and O–H groups in total. The topological polar surface area (TPSA) is 58.9 Å². The molecule has 0 aliphatic rings. The van der Waals surface area contributed by atoms with Crippen molar-refractivity contribution in [2.45, 2.75) is 6.10 Å². The summed E-state index contributed by atoms with van der Waals surface area (Å²) in [6, 6.07) is 11.5. The van der Waals surface area contributed by atoms with Crippen LogP contribution in [0.4, 0.5) is 0 Å². The quantitative estimate of drug-likeness (QED) is 0.741. The molecule has 4 nitrogen and oxygen atoms in total. The second kappa shape index (κ2) is 4.50. The number of benzene rings is 1. The standard InChI is InChI=1S/C14H11N3O/c18-14(13-9-15-7-8-16-13)12-6-5-10-3-1-2-4-11(10)17-12/h1-9,14,18H. The normalized spacial score (nSPS) is 12.5. The molecule has 0 bridgehead atoms. The van der Waals surface area contributed by atoms with E-state index in [0.717, 1.165) is 10.9 Å². The van der Waals surface area contributed by atoms with Crippen LogP contribution in [0.2, 0.25) is 0 Å². The zero-order chi connectivity index (χ0) is 12.4. The third kappa shape index (κ3) is 1.94. The highest BCUT2D eigenvalue weighted by Crippen LogP contribution is 2.20. The lowest BCUT2D eigenvalue weighted by molar-refractivity contribution is 0.210. The molecule has 0 fully saturated rings. The fraction of sp³-hybridized carbons (Fsp3) is 0.0714. The van der Waals surface area contributed by atoms with Gasteiger partial charge in [-0.3, -0.25) is 9.97 Å². The molecule has 0 radical (unpaired) electrons. The Hall–Kier alpha value is -2.33. The zero-order valence-corrected chi connectivity index (χ0v) is 9.56. The van der Waals surface area contributed by atoms with Gasteiger partial charge in [-0.1, -0.05) is 24.3 Å². The molecule has 0 saturated carbocycles. The van der Waals surface area contributed by atoms with Gasteiger partial charge in [-0.05, 0) is 12.1 Å². The third-order valence-electron chi connectivity index (χ3n) is 2.76. The summed E-state index contributed by atoms with van der Waals surface area (Å²) in [6.45, 7) is 0. The number of rotatable bonds is 2. The van der Waals surface area contributed by atoms with Crippen molar-refractivity contribution in [3.8, 4) is 0 Å². The number of aliphatic hydroxyl groups is 1. The lowest BCUT2D eigenvalue weighted by Crippen LogP contribution is -2.04. The minimum absolute atomic E-state index is 0.500. The molecule has 0 aliphatic carbocycles. The average molecular weight is 237 g/mol. The molecular weight excluding hydrogens is 226 g/mol. The van der Waals surface area contributed by atoms with Gasteiger partial charge in [0.25, 0.3) is 0 Å². The fourth-order valence-corrected chi connectivity index (χ4v) is 1.84. The highest BCUT2D eigenvalue weighted by Gasteiger charge is 2.13. The van der Waals surface area contributed by atoms with Crippen LogP contribution in [0.5, 0.6) is 0 Å². The summed E-state index contributed by atoms with van der Waals surface area (Å²) >= 11 is 0. The molecule has 0 aliphatic heterocycles. The molecule has 88 valence electrons. The van der Waals surface area contributed by atoms with E-state index in [9.17, 15) is 5.11 Å². The minimum atomic E-state index is -0.844. The van der Waals surface area contributed by atoms with Crippen molar-refractivity contribution in [2.24, 2.45) is 0 Å². The smallest absolute Gasteiger partial charge is 0.139 e. The van der Waals surface area contributed by atoms with E-state index < -0.39 is 6.10 Å². The zero-order valence-electron chi connectivity index (χ0n) is 9.56. The van der Waals surface area contributed by atoms with Crippen LogP contribution >= 0.6 is 0 Å². The SMILES string of the molecule is OC(c1cnccn1)c1ccc2ccccc2n1. The molecule has 1 atom stereocenters. The van der Waals surface area contributed by atoms with Crippen LogP contribution in [0.25, 0.3) is 10.9 Å². The van der Waals surface area contributed by atoms with Crippen molar-refractivity contribution < 1.29 is 5.11 Å². The summed E-state index contributed by atoms with van der Waals surface area (Å²) in [5, 5.41) is 11.2. The van der Waals surface area contributed by atoms with E-state index in [1.165, 1.54) is 0 Å². The molecule has 3 rings (SSSR count). The Balaban J connectivity index is 2.04. The molecule has 18 heavy (non-hydrogen) atoms. The van der Waals surface area contributed by atoms with Crippen LogP contribution in [0.3, 0.4) is 0 Å². The number of para-hydroxylation sites is 1. The molecule has 2 heterocycles. The maximum absolute atomic E-state index is 10.2. The predicted octanol–water partition coefficient (Wildman–Crippen LogP) is 2.11. The van der Waals surface area contributed by atoms with E-state index in [-0.39, 0.29) is 0 Å². The van der Waals surface area contributed by atoms with Crippen LogP contribution in [0.1, 0.15) is 17.5 Å². The van der Waals surface area contributed by atoms with Crippen LogP contribution in [0.15, 0.2) is 55.0 Å². The van der Waals surface area contributed by atoms with Gasteiger partial charge in [0.05, 0.1) is 23.1 Å². The first-order valence-corrected chi connectivity index (χ1v) is 5.64. The van der Waals surface area contributed by atoms with Gasteiger partial charge >= 0.3 is 0 Å². The highest BCUT2D eigenvalue weighted by atomic mass is 16.3. The van der Waals surface area contributed by atoms with E-state index in [1.54, 1.807) is 18.6 Å². The first kappa shape index (κ1) is 10.8. The van der Waals surface area contributed by atoms with Crippen LogP contribution in [-0.2, 0) is 0 Å². The molecule has 4 heteroatoms. The van der Waals surface area contributed by atoms with Crippen molar-refractivity contribution in [3.05, 3.63) is 66.4 Å². The van der Waals surface area contributed by atoms with Gasteiger partial charge in [0.15, 0.2) is 0 Å².